The van der Waals surface area contributed by atoms with Crippen molar-refractivity contribution in [1.82, 2.24) is 9.97 Å². The van der Waals surface area contributed by atoms with Gasteiger partial charge in [-0.3, -0.25) is 4.79 Å². The quantitative estimate of drug-likeness (QED) is 0.785. The first kappa shape index (κ1) is 14.9. The average Bonchev–Trinajstić information content (AvgIpc) is 3.09. The molecule has 0 atom stereocenters. The van der Waals surface area contributed by atoms with Crippen LogP contribution in [0.25, 0.3) is 11.3 Å². The third-order valence-electron chi connectivity index (χ3n) is 3.11. The van der Waals surface area contributed by atoms with Crippen molar-refractivity contribution in [3.05, 3.63) is 51.3 Å². The first-order valence-corrected chi connectivity index (χ1v) is 8.59. The van der Waals surface area contributed by atoms with Crippen LogP contribution in [0.2, 0.25) is 0 Å². The summed E-state index contributed by atoms with van der Waals surface area (Å²) in [5.41, 5.74) is 3.95. The van der Waals surface area contributed by atoms with Crippen LogP contribution in [-0.2, 0) is 11.2 Å². The van der Waals surface area contributed by atoms with Gasteiger partial charge < -0.3 is 5.32 Å². The van der Waals surface area contributed by atoms with Gasteiger partial charge >= 0.3 is 0 Å². The standard InChI is InChI=1S/C16H15N3OS2/c1-10-3-5-12(6-4-10)14-9-22-16(18-14)19-15(20)7-13-8-21-11(2)17-13/h3-6,8-9H,7H2,1-2H3,(H,18,19,20). The molecule has 0 fully saturated rings. The molecule has 0 aliphatic heterocycles. The zero-order valence-corrected chi connectivity index (χ0v) is 13.9. The summed E-state index contributed by atoms with van der Waals surface area (Å²) in [6.07, 6.45) is 0.282. The van der Waals surface area contributed by atoms with E-state index in [1.807, 2.05) is 29.8 Å². The molecule has 0 radical (unpaired) electrons. The third-order valence-corrected chi connectivity index (χ3v) is 4.69. The molecule has 0 spiro atoms. The second kappa shape index (κ2) is 6.37. The Hall–Kier alpha value is -2.05. The fraction of sp³-hybridized carbons (Fsp3) is 0.188. The van der Waals surface area contributed by atoms with E-state index in [0.717, 1.165) is 22.0 Å². The number of nitrogens with one attached hydrogen (secondary N) is 1. The van der Waals surface area contributed by atoms with Crippen LogP contribution in [0.1, 0.15) is 16.3 Å². The van der Waals surface area contributed by atoms with Crippen molar-refractivity contribution >= 4 is 33.7 Å². The molecule has 0 aliphatic carbocycles. The summed E-state index contributed by atoms with van der Waals surface area (Å²) in [5.74, 6) is -0.0879. The van der Waals surface area contributed by atoms with Crippen molar-refractivity contribution in [2.45, 2.75) is 20.3 Å². The molecule has 22 heavy (non-hydrogen) atoms. The molecule has 2 aromatic heterocycles. The van der Waals surface area contributed by atoms with E-state index in [-0.39, 0.29) is 12.3 Å². The van der Waals surface area contributed by atoms with E-state index in [1.165, 1.54) is 16.9 Å². The van der Waals surface area contributed by atoms with E-state index >= 15 is 0 Å². The summed E-state index contributed by atoms with van der Waals surface area (Å²) in [6.45, 7) is 3.98. The number of rotatable bonds is 4. The van der Waals surface area contributed by atoms with E-state index in [9.17, 15) is 4.79 Å². The number of amides is 1. The number of hydrogen-bond acceptors (Lipinski definition) is 5. The number of hydrogen-bond donors (Lipinski definition) is 1. The highest BCUT2D eigenvalue weighted by molar-refractivity contribution is 7.14. The first-order chi connectivity index (χ1) is 10.6. The predicted molar refractivity (Wildman–Crippen MR) is 91.5 cm³/mol. The van der Waals surface area contributed by atoms with Crippen LogP contribution in [0.3, 0.4) is 0 Å². The highest BCUT2D eigenvalue weighted by atomic mass is 32.1. The van der Waals surface area contributed by atoms with Crippen molar-refractivity contribution < 1.29 is 4.79 Å². The Balaban J connectivity index is 1.66. The molecule has 1 N–H and O–H groups in total. The molecular weight excluding hydrogens is 314 g/mol. The molecule has 0 saturated heterocycles. The molecule has 0 unspecified atom stereocenters. The molecule has 6 heteroatoms. The average molecular weight is 329 g/mol. The summed E-state index contributed by atoms with van der Waals surface area (Å²) >= 11 is 2.98. The van der Waals surface area contributed by atoms with Gasteiger partial charge in [-0.05, 0) is 13.8 Å². The van der Waals surface area contributed by atoms with Crippen LogP contribution in [0.4, 0.5) is 5.13 Å². The summed E-state index contributed by atoms with van der Waals surface area (Å²) in [4.78, 5) is 20.8. The van der Waals surface area contributed by atoms with E-state index in [2.05, 4.69) is 34.3 Å². The Kier molecular flexibility index (Phi) is 4.31. The van der Waals surface area contributed by atoms with Crippen molar-refractivity contribution in [2.75, 3.05) is 5.32 Å². The molecule has 4 nitrogen and oxygen atoms in total. The Morgan fingerprint density at radius 2 is 1.86 bits per heavy atom. The number of nitrogens with zero attached hydrogens (tertiary/aromatic N) is 2. The van der Waals surface area contributed by atoms with E-state index < -0.39 is 0 Å². The third kappa shape index (κ3) is 3.58. The van der Waals surface area contributed by atoms with Gasteiger partial charge in [-0.2, -0.15) is 0 Å². The number of benzene rings is 1. The Morgan fingerprint density at radius 1 is 1.09 bits per heavy atom. The Morgan fingerprint density at radius 3 is 2.55 bits per heavy atom. The topological polar surface area (TPSA) is 54.9 Å². The van der Waals surface area contributed by atoms with Crippen LogP contribution in [0.15, 0.2) is 35.0 Å². The lowest BCUT2D eigenvalue weighted by molar-refractivity contribution is -0.115. The van der Waals surface area contributed by atoms with Crippen molar-refractivity contribution in [3.8, 4) is 11.3 Å². The number of carbonyl (C=O) groups is 1. The molecule has 2 heterocycles. The van der Waals surface area contributed by atoms with Gasteiger partial charge in [0.25, 0.3) is 0 Å². The van der Waals surface area contributed by atoms with Gasteiger partial charge in [0.2, 0.25) is 5.91 Å². The highest BCUT2D eigenvalue weighted by Gasteiger charge is 2.10. The molecule has 1 aromatic carbocycles. The number of carbonyl (C=O) groups excluding carboxylic acids is 1. The van der Waals surface area contributed by atoms with Crippen LogP contribution in [0, 0.1) is 13.8 Å². The fourth-order valence-corrected chi connectivity index (χ4v) is 3.35. The maximum absolute atomic E-state index is 12.0. The molecule has 0 saturated carbocycles. The molecule has 0 aliphatic rings. The fourth-order valence-electron chi connectivity index (χ4n) is 2.01. The number of aromatic nitrogens is 2. The Labute approximate surface area is 136 Å². The minimum absolute atomic E-state index is 0.0879. The van der Waals surface area contributed by atoms with Gasteiger partial charge in [-0.1, -0.05) is 29.8 Å². The van der Waals surface area contributed by atoms with E-state index in [0.29, 0.717) is 5.13 Å². The van der Waals surface area contributed by atoms with E-state index in [1.54, 1.807) is 11.3 Å². The first-order valence-electron chi connectivity index (χ1n) is 6.83. The number of thiazole rings is 2. The Bertz CT molecular complexity index is 790. The summed E-state index contributed by atoms with van der Waals surface area (Å²) in [5, 5.41) is 8.29. The normalized spacial score (nSPS) is 10.6. The van der Waals surface area contributed by atoms with Gasteiger partial charge in [-0.15, -0.1) is 22.7 Å². The SMILES string of the molecule is Cc1ccc(-c2csc(NC(=O)Cc3csc(C)n3)n2)cc1. The zero-order valence-electron chi connectivity index (χ0n) is 12.3. The molecule has 3 aromatic rings. The maximum Gasteiger partial charge on any atom is 0.232 e. The lowest BCUT2D eigenvalue weighted by Gasteiger charge is -2.00. The minimum Gasteiger partial charge on any atom is -0.302 e. The van der Waals surface area contributed by atoms with Gasteiger partial charge in [0.15, 0.2) is 5.13 Å². The maximum atomic E-state index is 12.0. The highest BCUT2D eigenvalue weighted by Crippen LogP contribution is 2.25. The molecule has 3 rings (SSSR count). The smallest absolute Gasteiger partial charge is 0.232 e. The van der Waals surface area contributed by atoms with Crippen LogP contribution in [0.5, 0.6) is 0 Å². The molecule has 0 bridgehead atoms. The largest absolute Gasteiger partial charge is 0.302 e. The van der Waals surface area contributed by atoms with Gasteiger partial charge in [0.1, 0.15) is 0 Å². The lowest BCUT2D eigenvalue weighted by atomic mass is 10.1. The monoisotopic (exact) mass is 329 g/mol. The van der Waals surface area contributed by atoms with Gasteiger partial charge in [0.05, 0.1) is 22.8 Å². The summed E-state index contributed by atoms with van der Waals surface area (Å²) in [6, 6.07) is 8.18. The molecular formula is C16H15N3OS2. The predicted octanol–water partition coefficient (Wildman–Crippen LogP) is 4.06. The van der Waals surface area contributed by atoms with Crippen LogP contribution >= 0.6 is 22.7 Å². The second-order valence-corrected chi connectivity index (χ2v) is 6.91. The minimum atomic E-state index is -0.0879. The lowest BCUT2D eigenvalue weighted by Crippen LogP contribution is -2.14. The van der Waals surface area contributed by atoms with Crippen molar-refractivity contribution in [1.29, 1.82) is 0 Å². The molecule has 112 valence electrons. The summed E-state index contributed by atoms with van der Waals surface area (Å²) < 4.78 is 0. The second-order valence-electron chi connectivity index (χ2n) is 4.99. The van der Waals surface area contributed by atoms with Crippen LogP contribution in [-0.4, -0.2) is 15.9 Å². The van der Waals surface area contributed by atoms with Crippen LogP contribution < -0.4 is 5.32 Å². The summed E-state index contributed by atoms with van der Waals surface area (Å²) in [7, 11) is 0. The zero-order chi connectivity index (χ0) is 15.5. The number of aryl methyl sites for hydroxylation is 2. The van der Waals surface area contributed by atoms with Crippen molar-refractivity contribution in [2.24, 2.45) is 0 Å². The molecule has 1 amide bonds. The van der Waals surface area contributed by atoms with Gasteiger partial charge in [-0.25, -0.2) is 9.97 Å². The number of anilines is 1. The van der Waals surface area contributed by atoms with Gasteiger partial charge in [0, 0.05) is 16.3 Å². The van der Waals surface area contributed by atoms with Crippen molar-refractivity contribution in [3.63, 3.8) is 0 Å². The van der Waals surface area contributed by atoms with E-state index in [4.69, 9.17) is 0 Å².